The van der Waals surface area contributed by atoms with Crippen LogP contribution >= 0.6 is 0 Å². The number of fused-ring (bicyclic) bond motifs is 5. The fraction of sp³-hybridized carbons (Fsp3) is 0.963. The average molecular weight is 405 g/mol. The normalized spacial score (nSPS) is 48.2. The van der Waals surface area contributed by atoms with E-state index in [4.69, 9.17) is 0 Å². The van der Waals surface area contributed by atoms with Crippen LogP contribution in [0, 0.1) is 52.3 Å². The van der Waals surface area contributed by atoms with Crippen LogP contribution in [0.3, 0.4) is 0 Å². The second kappa shape index (κ2) is 7.94. The topological polar surface area (TPSA) is 17.1 Å². The lowest BCUT2D eigenvalue weighted by Crippen LogP contribution is -2.55. The highest BCUT2D eigenvalue weighted by atomic mass is 19.1. The zero-order valence-corrected chi connectivity index (χ0v) is 19.7. The fourth-order valence-corrected chi connectivity index (χ4v) is 9.08. The molecule has 4 rings (SSSR count). The molecule has 4 fully saturated rings. The van der Waals surface area contributed by atoms with Crippen molar-refractivity contribution >= 4 is 5.78 Å². The van der Waals surface area contributed by atoms with Gasteiger partial charge in [0.15, 0.2) is 12.0 Å². The van der Waals surface area contributed by atoms with Gasteiger partial charge in [0.1, 0.15) is 0 Å². The van der Waals surface area contributed by atoms with Crippen LogP contribution in [0.25, 0.3) is 0 Å². The number of hydrogen-bond donors (Lipinski definition) is 0. The Balaban J connectivity index is 1.48. The predicted octanol–water partition coefficient (Wildman–Crippen LogP) is 7.62. The van der Waals surface area contributed by atoms with Gasteiger partial charge in [0.25, 0.3) is 0 Å². The van der Waals surface area contributed by atoms with Crippen LogP contribution in [0.5, 0.6) is 0 Å². The molecule has 0 aromatic heterocycles. The summed E-state index contributed by atoms with van der Waals surface area (Å²) in [4.78, 5) is 12.1. The van der Waals surface area contributed by atoms with Gasteiger partial charge in [-0.1, -0.05) is 53.9 Å². The summed E-state index contributed by atoms with van der Waals surface area (Å²) in [6.07, 6.45) is 11.9. The highest BCUT2D eigenvalue weighted by Crippen LogP contribution is 2.68. The van der Waals surface area contributed by atoms with Gasteiger partial charge in [-0.25, -0.2) is 4.39 Å². The van der Waals surface area contributed by atoms with E-state index in [0.717, 1.165) is 36.0 Å². The highest BCUT2D eigenvalue weighted by Gasteiger charge is 2.61. The molecule has 0 amide bonds. The first-order chi connectivity index (χ1) is 13.7. The fourth-order valence-electron chi connectivity index (χ4n) is 9.08. The predicted molar refractivity (Wildman–Crippen MR) is 118 cm³/mol. The number of carbonyl (C=O) groups is 1. The lowest BCUT2D eigenvalue weighted by molar-refractivity contribution is -0.150. The van der Waals surface area contributed by atoms with Crippen molar-refractivity contribution in [3.63, 3.8) is 0 Å². The Morgan fingerprint density at radius 3 is 2.41 bits per heavy atom. The highest BCUT2D eigenvalue weighted by molar-refractivity contribution is 5.84. The maximum atomic E-state index is 14.5. The number of ketones is 1. The van der Waals surface area contributed by atoms with E-state index in [1.54, 1.807) is 0 Å². The molecule has 166 valence electrons. The van der Waals surface area contributed by atoms with E-state index in [-0.39, 0.29) is 11.2 Å². The quantitative estimate of drug-likeness (QED) is 0.460. The van der Waals surface area contributed by atoms with Gasteiger partial charge in [-0.2, -0.15) is 0 Å². The van der Waals surface area contributed by atoms with Crippen molar-refractivity contribution in [2.45, 2.75) is 111 Å². The van der Waals surface area contributed by atoms with Crippen molar-refractivity contribution in [3.05, 3.63) is 0 Å². The van der Waals surface area contributed by atoms with Crippen molar-refractivity contribution in [2.75, 3.05) is 0 Å². The van der Waals surface area contributed by atoms with Gasteiger partial charge < -0.3 is 0 Å². The second-order valence-electron chi connectivity index (χ2n) is 12.5. The Hall–Kier alpha value is -0.400. The molecule has 0 saturated heterocycles. The summed E-state index contributed by atoms with van der Waals surface area (Å²) in [6.45, 7) is 12.2. The minimum Gasteiger partial charge on any atom is -0.296 e. The molecular formula is C27H45FO. The molecule has 29 heavy (non-hydrogen) atoms. The molecule has 0 spiro atoms. The maximum absolute atomic E-state index is 14.5. The number of alkyl halides is 1. The molecule has 0 radical (unpaired) electrons. The Kier molecular flexibility index (Phi) is 5.97. The van der Waals surface area contributed by atoms with Crippen LogP contribution < -0.4 is 0 Å². The average Bonchev–Trinajstić information content (AvgIpc) is 3.00. The van der Waals surface area contributed by atoms with E-state index in [2.05, 4.69) is 34.6 Å². The van der Waals surface area contributed by atoms with Crippen molar-refractivity contribution < 1.29 is 9.18 Å². The summed E-state index contributed by atoms with van der Waals surface area (Å²) in [5.74, 6) is 5.16. The Morgan fingerprint density at radius 2 is 1.69 bits per heavy atom. The molecule has 4 saturated carbocycles. The third kappa shape index (κ3) is 3.63. The number of halogens is 1. The minimum absolute atomic E-state index is 0.0680. The van der Waals surface area contributed by atoms with Crippen LogP contribution in [0.15, 0.2) is 0 Å². The number of carbonyl (C=O) groups excluding carboxylic acids is 1. The monoisotopic (exact) mass is 404 g/mol. The lowest BCUT2D eigenvalue weighted by Gasteiger charge is -2.60. The molecule has 1 nitrogen and oxygen atoms in total. The summed E-state index contributed by atoms with van der Waals surface area (Å²) in [5, 5.41) is 0. The molecule has 0 N–H and O–H groups in total. The second-order valence-corrected chi connectivity index (χ2v) is 12.5. The van der Waals surface area contributed by atoms with Crippen LogP contribution in [0.1, 0.15) is 105 Å². The summed E-state index contributed by atoms with van der Waals surface area (Å²) >= 11 is 0. The number of hydrogen-bond acceptors (Lipinski definition) is 1. The molecule has 9 atom stereocenters. The molecular weight excluding hydrogens is 359 g/mol. The summed E-state index contributed by atoms with van der Waals surface area (Å²) in [6, 6.07) is 0. The Morgan fingerprint density at radius 1 is 0.966 bits per heavy atom. The molecule has 0 bridgehead atoms. The van der Waals surface area contributed by atoms with Crippen LogP contribution in [0.4, 0.5) is 4.39 Å². The van der Waals surface area contributed by atoms with Crippen molar-refractivity contribution in [1.82, 2.24) is 0 Å². The standard InChI is InChI=1S/C27H45FO/c1-17(2)7-6-8-18(3)21-11-12-22-20-10-9-19-15-25(29)24(28)16-27(19,5)23(20)13-14-26(21,22)4/h17-24H,6-16H2,1-5H3/t18-,19+,20?,21-,22+,23+,24-,26-,27+/m1/s1. The molecule has 0 heterocycles. The van der Waals surface area contributed by atoms with E-state index in [9.17, 15) is 9.18 Å². The first kappa shape index (κ1) is 21.8. The van der Waals surface area contributed by atoms with Crippen LogP contribution in [0.2, 0.25) is 0 Å². The molecule has 0 aromatic carbocycles. The largest absolute Gasteiger partial charge is 0.296 e. The van der Waals surface area contributed by atoms with Crippen LogP contribution in [-0.2, 0) is 4.79 Å². The maximum Gasteiger partial charge on any atom is 0.167 e. The van der Waals surface area contributed by atoms with Gasteiger partial charge in [-0.3, -0.25) is 4.79 Å². The smallest absolute Gasteiger partial charge is 0.167 e. The summed E-state index contributed by atoms with van der Waals surface area (Å²) < 4.78 is 14.5. The third-order valence-electron chi connectivity index (χ3n) is 10.7. The van der Waals surface area contributed by atoms with Crippen molar-refractivity contribution in [3.8, 4) is 0 Å². The van der Waals surface area contributed by atoms with E-state index >= 15 is 0 Å². The SMILES string of the molecule is CC(C)CCC[C@@H](C)[C@H]1CC[C@H]2C3CC[C@H]4CC(=O)[C@H](F)C[C@]4(C)[C@H]3CC[C@]12C. The molecule has 2 heteroatoms. The van der Waals surface area contributed by atoms with E-state index in [1.165, 1.54) is 51.4 Å². The van der Waals surface area contributed by atoms with E-state index in [0.29, 0.717) is 30.1 Å². The van der Waals surface area contributed by atoms with Crippen LogP contribution in [-0.4, -0.2) is 12.0 Å². The van der Waals surface area contributed by atoms with Gasteiger partial charge in [-0.05, 0) is 97.2 Å². The Labute approximate surface area is 179 Å². The van der Waals surface area contributed by atoms with Gasteiger partial charge in [0.2, 0.25) is 0 Å². The Bertz CT molecular complexity index is 614. The third-order valence-corrected chi connectivity index (χ3v) is 10.7. The summed E-state index contributed by atoms with van der Waals surface area (Å²) in [5.41, 5.74) is 0.569. The van der Waals surface area contributed by atoms with Crippen molar-refractivity contribution in [1.29, 1.82) is 0 Å². The van der Waals surface area contributed by atoms with Gasteiger partial charge in [0, 0.05) is 6.42 Å². The molecule has 0 aliphatic heterocycles. The molecule has 1 unspecified atom stereocenters. The first-order valence-corrected chi connectivity index (χ1v) is 12.8. The van der Waals surface area contributed by atoms with Gasteiger partial charge >= 0.3 is 0 Å². The molecule has 0 aromatic rings. The number of Topliss-reactive ketones (excluding diaryl/α,β-unsaturated/α-hetero) is 1. The van der Waals surface area contributed by atoms with Crippen molar-refractivity contribution in [2.24, 2.45) is 52.3 Å². The zero-order valence-electron chi connectivity index (χ0n) is 19.7. The lowest BCUT2D eigenvalue weighted by atomic mass is 9.44. The van der Waals surface area contributed by atoms with E-state index in [1.807, 2.05) is 0 Å². The summed E-state index contributed by atoms with van der Waals surface area (Å²) in [7, 11) is 0. The molecule has 4 aliphatic rings. The number of rotatable bonds is 5. The molecule has 4 aliphatic carbocycles. The first-order valence-electron chi connectivity index (χ1n) is 12.8. The van der Waals surface area contributed by atoms with E-state index < -0.39 is 6.17 Å². The minimum atomic E-state index is -1.19. The zero-order chi connectivity index (χ0) is 21.0. The van der Waals surface area contributed by atoms with Gasteiger partial charge in [0.05, 0.1) is 0 Å². The van der Waals surface area contributed by atoms with Gasteiger partial charge in [-0.15, -0.1) is 0 Å².